The number of nitrogens with zero attached hydrogens (tertiary/aromatic N) is 5. The van der Waals surface area contributed by atoms with E-state index >= 15 is 0 Å². The third kappa shape index (κ3) is 8.08. The molecule has 0 aliphatic carbocycles. The maximum Gasteiger partial charge on any atom is 0.391 e. The molecule has 56 heavy (non-hydrogen) atoms. The molecule has 16 heteroatoms. The number of amides is 3. The summed E-state index contributed by atoms with van der Waals surface area (Å²) in [5.41, 5.74) is 2.57. The molecule has 3 amide bonds. The van der Waals surface area contributed by atoms with Crippen molar-refractivity contribution in [3.63, 3.8) is 0 Å². The second kappa shape index (κ2) is 16.6. The first-order chi connectivity index (χ1) is 26.9. The van der Waals surface area contributed by atoms with Crippen molar-refractivity contribution in [3.8, 4) is 5.75 Å². The zero-order chi connectivity index (χ0) is 39.6. The van der Waals surface area contributed by atoms with Crippen molar-refractivity contribution >= 4 is 58.9 Å². The van der Waals surface area contributed by atoms with Crippen LogP contribution in [0.5, 0.6) is 5.75 Å². The Kier molecular flexibility index (Phi) is 11.6. The van der Waals surface area contributed by atoms with Crippen LogP contribution < -0.4 is 4.52 Å². The molecule has 0 unspecified atom stereocenters. The van der Waals surface area contributed by atoms with E-state index in [1.165, 1.54) is 39.3 Å². The SMILES string of the molecule is C=CCN1CC(=O)N2[C@@H](Cc3ccc(OP(O)O)cc3)C(=O)N(Cc3cccc4ccn(S(=O)(=O)c5ccc(Cl)cc5)c34)C[C@@H]2N1C(=O)CCc1ccccc1. The van der Waals surface area contributed by atoms with Gasteiger partial charge in [0.1, 0.15) is 18.0 Å². The molecule has 2 aliphatic heterocycles. The number of piperazine rings is 1. The molecule has 0 saturated carbocycles. The molecule has 2 fully saturated rings. The first-order valence-electron chi connectivity index (χ1n) is 17.8. The number of aromatic nitrogens is 1. The van der Waals surface area contributed by atoms with Crippen LogP contribution in [0.25, 0.3) is 10.9 Å². The van der Waals surface area contributed by atoms with Crippen LogP contribution in [0.15, 0.2) is 127 Å². The zero-order valence-corrected chi connectivity index (χ0v) is 32.6. The van der Waals surface area contributed by atoms with Gasteiger partial charge in [-0.15, -0.1) is 6.58 Å². The molecule has 2 atom stereocenters. The second-order valence-corrected chi connectivity index (χ2v) is 16.4. The smallest absolute Gasteiger partial charge is 0.391 e. The van der Waals surface area contributed by atoms with Crippen LogP contribution in [-0.2, 0) is 43.8 Å². The third-order valence-corrected chi connectivity index (χ3v) is 12.2. The lowest BCUT2D eigenvalue weighted by Gasteiger charge is -2.55. The summed E-state index contributed by atoms with van der Waals surface area (Å²) in [4.78, 5) is 64.8. The number of benzene rings is 4. The number of hydrazine groups is 1. The van der Waals surface area contributed by atoms with Gasteiger partial charge in [-0.2, -0.15) is 0 Å². The predicted molar refractivity (Wildman–Crippen MR) is 211 cm³/mol. The molecule has 3 heterocycles. The molecule has 2 aliphatic rings. The van der Waals surface area contributed by atoms with Gasteiger partial charge in [0.05, 0.1) is 23.5 Å². The summed E-state index contributed by atoms with van der Waals surface area (Å²) in [5, 5.41) is 4.27. The Morgan fingerprint density at radius 3 is 2.36 bits per heavy atom. The highest BCUT2D eigenvalue weighted by molar-refractivity contribution is 7.90. The van der Waals surface area contributed by atoms with Crippen LogP contribution in [0.1, 0.15) is 23.1 Å². The van der Waals surface area contributed by atoms with Crippen LogP contribution in [0.3, 0.4) is 0 Å². The lowest BCUT2D eigenvalue weighted by Crippen LogP contribution is -2.75. The van der Waals surface area contributed by atoms with E-state index in [9.17, 15) is 32.6 Å². The minimum Gasteiger partial charge on any atom is -0.427 e. The molecule has 4 aromatic carbocycles. The number of fused-ring (bicyclic) bond motifs is 2. The molecule has 2 N–H and O–H groups in total. The molecule has 13 nitrogen and oxygen atoms in total. The molecular weight excluding hydrogens is 777 g/mol. The molecular formula is C40H39ClN5O8PS. The Balaban J connectivity index is 1.28. The fraction of sp³-hybridized carbons (Fsp3) is 0.225. The van der Waals surface area contributed by atoms with E-state index in [-0.39, 0.29) is 67.4 Å². The lowest BCUT2D eigenvalue weighted by molar-refractivity contribution is -0.205. The quantitative estimate of drug-likeness (QED) is 0.122. The summed E-state index contributed by atoms with van der Waals surface area (Å²) in [6.45, 7) is 3.85. The van der Waals surface area contributed by atoms with Crippen LogP contribution in [0.4, 0.5) is 0 Å². The summed E-state index contributed by atoms with van der Waals surface area (Å²) in [6.07, 6.45) is 2.89. The van der Waals surface area contributed by atoms with Gasteiger partial charge in [0, 0.05) is 42.5 Å². The Labute approximate surface area is 330 Å². The lowest BCUT2D eigenvalue weighted by atomic mass is 9.97. The molecule has 0 bridgehead atoms. The molecule has 2 saturated heterocycles. The maximum atomic E-state index is 14.7. The fourth-order valence-electron chi connectivity index (χ4n) is 7.41. The highest BCUT2D eigenvalue weighted by atomic mass is 35.5. The van der Waals surface area contributed by atoms with E-state index in [4.69, 9.17) is 16.1 Å². The fourth-order valence-corrected chi connectivity index (χ4v) is 9.24. The number of rotatable bonds is 13. The second-order valence-electron chi connectivity index (χ2n) is 13.5. The maximum absolute atomic E-state index is 14.7. The van der Waals surface area contributed by atoms with E-state index in [1.807, 2.05) is 30.3 Å². The number of hydrogen-bond donors (Lipinski definition) is 2. The Morgan fingerprint density at radius 2 is 1.66 bits per heavy atom. The van der Waals surface area contributed by atoms with Crippen molar-refractivity contribution in [2.24, 2.45) is 0 Å². The summed E-state index contributed by atoms with van der Waals surface area (Å²) in [7, 11) is -6.71. The molecule has 7 rings (SSSR count). The van der Waals surface area contributed by atoms with Gasteiger partial charge in [0.15, 0.2) is 0 Å². The average Bonchev–Trinajstić information content (AvgIpc) is 3.63. The van der Waals surface area contributed by atoms with E-state index in [0.29, 0.717) is 33.5 Å². The zero-order valence-electron chi connectivity index (χ0n) is 30.1. The van der Waals surface area contributed by atoms with Gasteiger partial charge in [-0.3, -0.25) is 14.4 Å². The summed E-state index contributed by atoms with van der Waals surface area (Å²) in [5.74, 6) is -0.734. The third-order valence-electron chi connectivity index (χ3n) is 9.93. The number of halogens is 1. The van der Waals surface area contributed by atoms with Gasteiger partial charge < -0.3 is 24.1 Å². The first-order valence-corrected chi connectivity index (χ1v) is 20.8. The topological polar surface area (TPSA) is 153 Å². The molecule has 5 aromatic rings. The van der Waals surface area contributed by atoms with Crippen molar-refractivity contribution in [1.29, 1.82) is 0 Å². The number of carbonyl (C=O) groups is 3. The van der Waals surface area contributed by atoms with Crippen molar-refractivity contribution in [3.05, 3.63) is 144 Å². The van der Waals surface area contributed by atoms with Crippen molar-refractivity contribution in [2.75, 3.05) is 19.6 Å². The largest absolute Gasteiger partial charge is 0.427 e. The Bertz CT molecular complexity index is 2360. The highest BCUT2D eigenvalue weighted by Crippen LogP contribution is 2.33. The van der Waals surface area contributed by atoms with Gasteiger partial charge in [-0.1, -0.05) is 78.3 Å². The minimum absolute atomic E-state index is 0.0256. The first kappa shape index (κ1) is 39.2. The van der Waals surface area contributed by atoms with Crippen LogP contribution >= 0.6 is 20.2 Å². The number of aryl methyl sites for hydroxylation is 1. The van der Waals surface area contributed by atoms with E-state index in [1.54, 1.807) is 69.5 Å². The van der Waals surface area contributed by atoms with E-state index in [2.05, 4.69) is 6.58 Å². The number of hydrogen-bond acceptors (Lipinski definition) is 9. The van der Waals surface area contributed by atoms with E-state index in [0.717, 1.165) is 5.56 Å². The van der Waals surface area contributed by atoms with Gasteiger partial charge in [0.2, 0.25) is 17.7 Å². The number of para-hydroxylation sites is 1. The average molecular weight is 816 g/mol. The van der Waals surface area contributed by atoms with Crippen LogP contribution in [-0.4, -0.2) is 91.6 Å². The molecule has 0 spiro atoms. The number of carbonyl (C=O) groups excluding carboxylic acids is 3. The highest BCUT2D eigenvalue weighted by Gasteiger charge is 2.51. The Hall–Kier alpha value is -5.08. The van der Waals surface area contributed by atoms with Crippen molar-refractivity contribution in [1.82, 2.24) is 23.8 Å². The van der Waals surface area contributed by atoms with Gasteiger partial charge >= 0.3 is 8.60 Å². The summed E-state index contributed by atoms with van der Waals surface area (Å²) in [6, 6.07) is 27.9. The normalized spacial score (nSPS) is 17.8. The van der Waals surface area contributed by atoms with Crippen molar-refractivity contribution < 1.29 is 37.1 Å². The molecule has 0 radical (unpaired) electrons. The summed E-state index contributed by atoms with van der Waals surface area (Å²) < 4.78 is 34.2. The van der Waals surface area contributed by atoms with Gasteiger partial charge in [-0.25, -0.2) is 22.4 Å². The van der Waals surface area contributed by atoms with E-state index < -0.39 is 30.8 Å². The minimum atomic E-state index is -4.08. The standard InChI is InChI=1S/C40H39ClN5O8PS/c1-2-22-43-27-38(48)45-35(24-29-11-16-33(17-12-29)54-55(50)51)40(49)42(26-36(45)46(43)37(47)20-13-28-7-4-3-5-8-28)25-31-10-6-9-30-21-23-44(39(30)31)56(52,53)34-18-14-32(41)15-19-34/h2-12,14-19,21,23,35-36,50-51H,1,13,20,22,24-27H2/t35-,36-/m0/s1. The van der Waals surface area contributed by atoms with Gasteiger partial charge in [0.25, 0.3) is 10.0 Å². The van der Waals surface area contributed by atoms with Crippen LogP contribution in [0.2, 0.25) is 5.02 Å². The van der Waals surface area contributed by atoms with Gasteiger partial charge in [-0.05, 0) is 65.6 Å². The monoisotopic (exact) mass is 815 g/mol. The Morgan fingerprint density at radius 1 is 0.929 bits per heavy atom. The van der Waals surface area contributed by atoms with Crippen LogP contribution in [0, 0.1) is 0 Å². The molecule has 1 aromatic heterocycles. The predicted octanol–water partition coefficient (Wildman–Crippen LogP) is 5.11. The molecule has 290 valence electrons. The van der Waals surface area contributed by atoms with Crippen molar-refractivity contribution in [2.45, 2.75) is 42.9 Å². The summed E-state index contributed by atoms with van der Waals surface area (Å²) >= 11 is 6.06.